The van der Waals surface area contributed by atoms with Crippen molar-refractivity contribution in [2.45, 2.75) is 44.9 Å². The van der Waals surface area contributed by atoms with E-state index in [4.69, 9.17) is 26.3 Å². The van der Waals surface area contributed by atoms with Gasteiger partial charge in [0, 0.05) is 17.7 Å². The van der Waals surface area contributed by atoms with Crippen LogP contribution in [-0.4, -0.2) is 19.6 Å². The van der Waals surface area contributed by atoms with Crippen molar-refractivity contribution >= 4 is 11.6 Å². The Morgan fingerprint density at radius 3 is 2.15 bits per heavy atom. The number of hydrogen-bond acceptors (Lipinski definition) is 3. The molecule has 0 saturated heterocycles. The lowest BCUT2D eigenvalue weighted by molar-refractivity contribution is 0.353. The molecule has 20 heavy (non-hydrogen) atoms. The van der Waals surface area contributed by atoms with Gasteiger partial charge < -0.3 is 9.47 Å². The normalized spacial score (nSPS) is 11.7. The predicted molar refractivity (Wildman–Crippen MR) is 83.8 cm³/mol. The molecule has 112 valence electrons. The average molecular weight is 298 g/mol. The van der Waals surface area contributed by atoms with Gasteiger partial charge in [-0.15, -0.1) is 11.6 Å². The van der Waals surface area contributed by atoms with Crippen LogP contribution in [0.1, 0.15) is 39.7 Å². The predicted octanol–water partition coefficient (Wildman–Crippen LogP) is 4.53. The van der Waals surface area contributed by atoms with Crippen LogP contribution in [0.5, 0.6) is 11.5 Å². The first-order valence-corrected chi connectivity index (χ1v) is 7.00. The first-order chi connectivity index (χ1) is 9.38. The standard InChI is InChI=1S/C14H21ClO2.C2H3N/c1-6-13(15)14(2,3)10-7-8-11(16-4)12(9-10)17-5;1-2-3/h7-9,13H,6H2,1-5H3;1H3. The third kappa shape index (κ3) is 4.61. The molecule has 0 aliphatic carbocycles. The molecule has 1 rings (SSSR count). The Labute approximate surface area is 127 Å². The van der Waals surface area contributed by atoms with Gasteiger partial charge in [0.05, 0.1) is 20.3 Å². The van der Waals surface area contributed by atoms with Crippen molar-refractivity contribution < 1.29 is 9.47 Å². The molecule has 0 aliphatic heterocycles. The molecule has 4 heteroatoms. The number of rotatable bonds is 5. The zero-order chi connectivity index (χ0) is 15.8. The lowest BCUT2D eigenvalue weighted by atomic mass is 9.80. The van der Waals surface area contributed by atoms with E-state index in [9.17, 15) is 0 Å². The molecule has 0 fully saturated rings. The van der Waals surface area contributed by atoms with E-state index in [-0.39, 0.29) is 10.8 Å². The number of nitrogens with zero attached hydrogens (tertiary/aromatic N) is 1. The maximum Gasteiger partial charge on any atom is 0.161 e. The molecule has 0 aliphatic rings. The summed E-state index contributed by atoms with van der Waals surface area (Å²) < 4.78 is 10.6. The van der Waals surface area contributed by atoms with Crippen LogP contribution < -0.4 is 9.47 Å². The highest BCUT2D eigenvalue weighted by atomic mass is 35.5. The molecule has 0 amide bonds. The number of hydrogen-bond donors (Lipinski definition) is 0. The van der Waals surface area contributed by atoms with E-state index in [2.05, 4.69) is 20.8 Å². The monoisotopic (exact) mass is 297 g/mol. The summed E-state index contributed by atoms with van der Waals surface area (Å²) in [6, 6.07) is 7.73. The zero-order valence-corrected chi connectivity index (χ0v) is 13.9. The van der Waals surface area contributed by atoms with Gasteiger partial charge in [-0.2, -0.15) is 5.26 Å². The SMILES string of the molecule is CC#N.CCC(Cl)C(C)(C)c1ccc(OC)c(OC)c1. The molecule has 0 radical (unpaired) electrons. The third-order valence-electron chi connectivity index (χ3n) is 3.27. The first kappa shape index (κ1) is 18.6. The second-order valence-electron chi connectivity index (χ2n) is 4.89. The summed E-state index contributed by atoms with van der Waals surface area (Å²) in [5.74, 6) is 1.49. The summed E-state index contributed by atoms with van der Waals surface area (Å²) in [4.78, 5) is 0. The molecule has 1 unspecified atom stereocenters. The Balaban J connectivity index is 0.00000110. The summed E-state index contributed by atoms with van der Waals surface area (Å²) in [6.45, 7) is 7.82. The molecule has 3 nitrogen and oxygen atoms in total. The van der Waals surface area contributed by atoms with Gasteiger partial charge in [0.25, 0.3) is 0 Å². The third-order valence-corrected chi connectivity index (χ3v) is 4.12. The van der Waals surface area contributed by atoms with Gasteiger partial charge in [0.15, 0.2) is 11.5 Å². The number of nitriles is 1. The van der Waals surface area contributed by atoms with Crippen LogP contribution >= 0.6 is 11.6 Å². The Bertz CT molecular complexity index is 452. The second kappa shape index (κ2) is 8.71. The van der Waals surface area contributed by atoms with E-state index in [1.807, 2.05) is 18.2 Å². The van der Waals surface area contributed by atoms with Crippen LogP contribution in [0.15, 0.2) is 18.2 Å². The highest BCUT2D eigenvalue weighted by Gasteiger charge is 2.29. The smallest absolute Gasteiger partial charge is 0.161 e. The number of halogens is 1. The highest BCUT2D eigenvalue weighted by molar-refractivity contribution is 6.21. The van der Waals surface area contributed by atoms with Gasteiger partial charge in [-0.05, 0) is 24.1 Å². The minimum absolute atomic E-state index is 0.0874. The van der Waals surface area contributed by atoms with E-state index >= 15 is 0 Å². The molecule has 0 aromatic heterocycles. The Morgan fingerprint density at radius 1 is 1.25 bits per heavy atom. The molecule has 1 aromatic carbocycles. The van der Waals surface area contributed by atoms with Gasteiger partial charge >= 0.3 is 0 Å². The van der Waals surface area contributed by atoms with Crippen LogP contribution in [0.3, 0.4) is 0 Å². The maximum atomic E-state index is 7.32. The zero-order valence-electron chi connectivity index (χ0n) is 13.2. The quantitative estimate of drug-likeness (QED) is 0.750. The van der Waals surface area contributed by atoms with Crippen LogP contribution in [0, 0.1) is 11.3 Å². The van der Waals surface area contributed by atoms with E-state index in [0.29, 0.717) is 0 Å². The van der Waals surface area contributed by atoms with E-state index in [1.54, 1.807) is 20.3 Å². The van der Waals surface area contributed by atoms with Crippen LogP contribution in [0.2, 0.25) is 0 Å². The molecule has 0 N–H and O–H groups in total. The van der Waals surface area contributed by atoms with Crippen molar-refractivity contribution in [1.82, 2.24) is 0 Å². The van der Waals surface area contributed by atoms with Gasteiger partial charge in [0.2, 0.25) is 0 Å². The fourth-order valence-corrected chi connectivity index (χ4v) is 2.05. The largest absolute Gasteiger partial charge is 0.493 e. The Morgan fingerprint density at radius 2 is 1.75 bits per heavy atom. The minimum atomic E-state index is -0.0874. The van der Waals surface area contributed by atoms with E-state index < -0.39 is 0 Å². The molecule has 0 spiro atoms. The van der Waals surface area contributed by atoms with E-state index in [0.717, 1.165) is 23.5 Å². The van der Waals surface area contributed by atoms with Gasteiger partial charge in [-0.1, -0.05) is 26.8 Å². The summed E-state index contributed by atoms with van der Waals surface area (Å²) in [5, 5.41) is 7.42. The summed E-state index contributed by atoms with van der Waals surface area (Å²) in [7, 11) is 3.28. The van der Waals surface area contributed by atoms with Crippen molar-refractivity contribution in [2.75, 3.05) is 14.2 Å². The number of alkyl halides is 1. The molecule has 1 atom stereocenters. The fraction of sp³-hybridized carbons (Fsp3) is 0.562. The number of benzene rings is 1. The Hall–Kier alpha value is -1.40. The van der Waals surface area contributed by atoms with Gasteiger partial charge in [-0.3, -0.25) is 0 Å². The van der Waals surface area contributed by atoms with Crippen molar-refractivity contribution in [3.8, 4) is 17.6 Å². The molecular formula is C16H24ClNO2. The molecule has 0 bridgehead atoms. The average Bonchev–Trinajstić information content (AvgIpc) is 2.46. The molecule has 0 heterocycles. The first-order valence-electron chi connectivity index (χ1n) is 6.56. The van der Waals surface area contributed by atoms with Crippen molar-refractivity contribution in [3.05, 3.63) is 23.8 Å². The van der Waals surface area contributed by atoms with Crippen molar-refractivity contribution in [1.29, 1.82) is 5.26 Å². The lowest BCUT2D eigenvalue weighted by Crippen LogP contribution is -2.28. The van der Waals surface area contributed by atoms with Crippen LogP contribution in [0.4, 0.5) is 0 Å². The summed E-state index contributed by atoms with van der Waals surface area (Å²) in [5.41, 5.74) is 1.08. The minimum Gasteiger partial charge on any atom is -0.493 e. The maximum absolute atomic E-state index is 7.32. The van der Waals surface area contributed by atoms with E-state index in [1.165, 1.54) is 6.92 Å². The summed E-state index contributed by atoms with van der Waals surface area (Å²) in [6.07, 6.45) is 0.933. The molecule has 1 aromatic rings. The van der Waals surface area contributed by atoms with Gasteiger partial charge in [0.1, 0.15) is 0 Å². The topological polar surface area (TPSA) is 42.2 Å². The highest BCUT2D eigenvalue weighted by Crippen LogP contribution is 2.37. The second-order valence-corrected chi connectivity index (χ2v) is 5.42. The summed E-state index contributed by atoms with van der Waals surface area (Å²) >= 11 is 6.39. The number of methoxy groups -OCH3 is 2. The molecular weight excluding hydrogens is 274 g/mol. The number of ether oxygens (including phenoxy) is 2. The Kier molecular flexibility index (Phi) is 8.10. The van der Waals surface area contributed by atoms with Crippen LogP contribution in [0.25, 0.3) is 0 Å². The van der Waals surface area contributed by atoms with Crippen LogP contribution in [-0.2, 0) is 5.41 Å². The van der Waals surface area contributed by atoms with Crippen molar-refractivity contribution in [2.24, 2.45) is 0 Å². The fourth-order valence-electron chi connectivity index (χ4n) is 1.93. The lowest BCUT2D eigenvalue weighted by Gasteiger charge is -2.30. The molecule has 0 saturated carbocycles. The van der Waals surface area contributed by atoms with Crippen molar-refractivity contribution in [3.63, 3.8) is 0 Å². The van der Waals surface area contributed by atoms with Gasteiger partial charge in [-0.25, -0.2) is 0 Å².